The number of carbonyl (C=O) groups is 1. The van der Waals surface area contributed by atoms with Crippen LogP contribution < -0.4 is 18.9 Å². The molecule has 1 N–H and O–H groups in total. The minimum atomic E-state index is -2.21. The number of para-hydroxylation sites is 4. The fraction of sp³-hybridized carbons (Fsp3) is 0.0882. The Morgan fingerprint density at radius 3 is 1.32 bits per heavy atom. The second-order valence-corrected chi connectivity index (χ2v) is 8.88. The standard InChI is InChI=1S/C34H28O7/c35-25-26-21-23-27(24-22-26)32(36)41-34(39-30-17-9-3-10-18-30,40-31-19-11-4-12-20-31)33(37-28-13-5-1-6-14-28)38-29-15-7-2-8-16-29/h1-25,32-33,36H. The predicted molar refractivity (Wildman–Crippen MR) is 153 cm³/mol. The van der Waals surface area contributed by atoms with Gasteiger partial charge in [-0.25, -0.2) is 0 Å². The molecule has 0 fully saturated rings. The highest BCUT2D eigenvalue weighted by Crippen LogP contribution is 2.35. The minimum absolute atomic E-state index is 0.353. The molecule has 0 amide bonds. The molecule has 0 aliphatic rings. The van der Waals surface area contributed by atoms with Crippen LogP contribution >= 0.6 is 0 Å². The molecule has 0 aliphatic carbocycles. The molecule has 0 saturated carbocycles. The molecular weight excluding hydrogens is 520 g/mol. The summed E-state index contributed by atoms with van der Waals surface area (Å²) in [5.41, 5.74) is 0.803. The van der Waals surface area contributed by atoms with Gasteiger partial charge in [-0.05, 0) is 48.5 Å². The van der Waals surface area contributed by atoms with Crippen molar-refractivity contribution in [3.63, 3.8) is 0 Å². The summed E-state index contributed by atoms with van der Waals surface area (Å²) in [6, 6.07) is 42.1. The van der Waals surface area contributed by atoms with E-state index >= 15 is 0 Å². The first-order valence-corrected chi connectivity index (χ1v) is 13.0. The van der Waals surface area contributed by atoms with Crippen LogP contribution in [-0.4, -0.2) is 23.7 Å². The number of hydrogen-bond donors (Lipinski definition) is 1. The summed E-state index contributed by atoms with van der Waals surface area (Å²) >= 11 is 0. The molecule has 5 rings (SSSR count). The number of benzene rings is 5. The van der Waals surface area contributed by atoms with Gasteiger partial charge < -0.3 is 24.1 Å². The van der Waals surface area contributed by atoms with Crippen molar-refractivity contribution in [2.24, 2.45) is 0 Å². The summed E-state index contributed by atoms with van der Waals surface area (Å²) in [5, 5.41) is 11.4. The third-order valence-corrected chi connectivity index (χ3v) is 5.90. The highest BCUT2D eigenvalue weighted by atomic mass is 16.9. The quantitative estimate of drug-likeness (QED) is 0.128. The van der Waals surface area contributed by atoms with E-state index in [1.165, 1.54) is 0 Å². The van der Waals surface area contributed by atoms with Gasteiger partial charge in [-0.3, -0.25) is 9.53 Å². The first kappa shape index (κ1) is 27.5. The van der Waals surface area contributed by atoms with Crippen molar-refractivity contribution in [2.45, 2.75) is 18.6 Å². The largest absolute Gasteiger partial charge is 0.453 e. The second kappa shape index (κ2) is 13.3. The fourth-order valence-electron chi connectivity index (χ4n) is 3.90. The molecule has 5 aromatic carbocycles. The zero-order valence-electron chi connectivity index (χ0n) is 22.0. The molecule has 0 heterocycles. The molecule has 7 heteroatoms. The Balaban J connectivity index is 1.64. The average molecular weight is 549 g/mol. The van der Waals surface area contributed by atoms with Crippen LogP contribution in [0.15, 0.2) is 146 Å². The van der Waals surface area contributed by atoms with Crippen molar-refractivity contribution in [3.05, 3.63) is 157 Å². The number of aliphatic hydroxyl groups is 1. The van der Waals surface area contributed by atoms with Gasteiger partial charge in [-0.1, -0.05) is 97.1 Å². The number of aldehydes is 1. The van der Waals surface area contributed by atoms with Gasteiger partial charge in [0.15, 0.2) is 6.29 Å². The maximum absolute atomic E-state index is 11.4. The molecule has 0 saturated heterocycles. The van der Waals surface area contributed by atoms with Crippen molar-refractivity contribution >= 4 is 6.29 Å². The van der Waals surface area contributed by atoms with Crippen LogP contribution in [0.1, 0.15) is 22.2 Å². The third kappa shape index (κ3) is 7.30. The molecule has 1 unspecified atom stereocenters. The molecular formula is C34H28O7. The minimum Gasteiger partial charge on any atom is -0.446 e. The van der Waals surface area contributed by atoms with Crippen LogP contribution in [0.5, 0.6) is 23.0 Å². The van der Waals surface area contributed by atoms with Crippen LogP contribution in [0.2, 0.25) is 0 Å². The van der Waals surface area contributed by atoms with Gasteiger partial charge in [0.1, 0.15) is 29.3 Å². The number of carbonyl (C=O) groups excluding carboxylic acids is 1. The molecule has 0 aliphatic heterocycles. The lowest BCUT2D eigenvalue weighted by molar-refractivity contribution is -0.408. The highest BCUT2D eigenvalue weighted by molar-refractivity contribution is 5.74. The molecule has 1 atom stereocenters. The summed E-state index contributed by atoms with van der Waals surface area (Å²) in [4.78, 5) is 11.2. The smallest absolute Gasteiger partial charge is 0.446 e. The predicted octanol–water partition coefficient (Wildman–Crippen LogP) is 6.80. The zero-order chi connectivity index (χ0) is 28.3. The van der Waals surface area contributed by atoms with Crippen LogP contribution in [-0.2, 0) is 4.74 Å². The van der Waals surface area contributed by atoms with Crippen molar-refractivity contribution < 1.29 is 33.6 Å². The second-order valence-electron chi connectivity index (χ2n) is 8.88. The SMILES string of the molecule is O=Cc1ccc(C(O)OC(Oc2ccccc2)(Oc2ccccc2)C(Oc2ccccc2)Oc2ccccc2)cc1. The Morgan fingerprint density at radius 1 is 0.537 bits per heavy atom. The van der Waals surface area contributed by atoms with Crippen molar-refractivity contribution in [1.29, 1.82) is 0 Å². The maximum Gasteiger partial charge on any atom is 0.453 e. The van der Waals surface area contributed by atoms with Gasteiger partial charge in [0.05, 0.1) is 0 Å². The lowest BCUT2D eigenvalue weighted by Crippen LogP contribution is -2.60. The lowest BCUT2D eigenvalue weighted by Gasteiger charge is -2.39. The molecule has 5 aromatic rings. The molecule has 41 heavy (non-hydrogen) atoms. The Labute approximate surface area is 238 Å². The summed E-state index contributed by atoms with van der Waals surface area (Å²) < 4.78 is 31.9. The van der Waals surface area contributed by atoms with E-state index in [1.54, 1.807) is 97.1 Å². The first-order valence-electron chi connectivity index (χ1n) is 13.0. The summed E-state index contributed by atoms with van der Waals surface area (Å²) in [6.45, 7) is 0. The molecule has 206 valence electrons. The van der Waals surface area contributed by atoms with Crippen LogP contribution in [0.4, 0.5) is 0 Å². The molecule has 0 spiro atoms. The number of rotatable bonds is 13. The van der Waals surface area contributed by atoms with Crippen molar-refractivity contribution in [1.82, 2.24) is 0 Å². The Bertz CT molecular complexity index is 1400. The summed E-state index contributed by atoms with van der Waals surface area (Å²) in [7, 11) is 0. The van der Waals surface area contributed by atoms with Crippen LogP contribution in [0.25, 0.3) is 0 Å². The lowest BCUT2D eigenvalue weighted by atomic mass is 10.1. The van der Waals surface area contributed by atoms with E-state index < -0.39 is 18.6 Å². The topological polar surface area (TPSA) is 83.5 Å². The van der Waals surface area contributed by atoms with Gasteiger partial charge in [0.2, 0.25) is 0 Å². The summed E-state index contributed by atoms with van der Waals surface area (Å²) in [6.07, 6.45) is -2.28. The van der Waals surface area contributed by atoms with E-state index in [0.29, 0.717) is 34.1 Å². The average Bonchev–Trinajstić information content (AvgIpc) is 3.03. The van der Waals surface area contributed by atoms with E-state index in [0.717, 1.165) is 6.29 Å². The molecule has 0 radical (unpaired) electrons. The Morgan fingerprint density at radius 2 is 0.927 bits per heavy atom. The van der Waals surface area contributed by atoms with Crippen molar-refractivity contribution in [2.75, 3.05) is 0 Å². The maximum atomic E-state index is 11.4. The van der Waals surface area contributed by atoms with Crippen LogP contribution in [0, 0.1) is 0 Å². The highest BCUT2D eigenvalue weighted by Gasteiger charge is 2.53. The van der Waals surface area contributed by atoms with E-state index in [9.17, 15) is 9.90 Å². The van der Waals surface area contributed by atoms with Crippen LogP contribution in [0.3, 0.4) is 0 Å². The van der Waals surface area contributed by atoms with E-state index in [2.05, 4.69) is 0 Å². The number of aliphatic hydroxyl groups excluding tert-OH is 1. The Hall–Kier alpha value is -5.11. The number of hydrogen-bond acceptors (Lipinski definition) is 7. The van der Waals surface area contributed by atoms with Gasteiger partial charge in [-0.2, -0.15) is 0 Å². The normalized spacial score (nSPS) is 11.9. The molecule has 7 nitrogen and oxygen atoms in total. The third-order valence-electron chi connectivity index (χ3n) is 5.90. The van der Waals surface area contributed by atoms with Gasteiger partial charge in [0, 0.05) is 11.1 Å². The van der Waals surface area contributed by atoms with E-state index in [1.807, 2.05) is 48.5 Å². The van der Waals surface area contributed by atoms with E-state index in [-0.39, 0.29) is 0 Å². The van der Waals surface area contributed by atoms with Gasteiger partial charge in [-0.15, -0.1) is 0 Å². The van der Waals surface area contributed by atoms with Crippen molar-refractivity contribution in [3.8, 4) is 23.0 Å². The first-order chi connectivity index (χ1) is 20.1. The Kier molecular flexibility index (Phi) is 8.91. The monoisotopic (exact) mass is 548 g/mol. The fourth-order valence-corrected chi connectivity index (χ4v) is 3.90. The zero-order valence-corrected chi connectivity index (χ0v) is 22.0. The van der Waals surface area contributed by atoms with E-state index in [4.69, 9.17) is 23.7 Å². The van der Waals surface area contributed by atoms with Gasteiger partial charge in [0.25, 0.3) is 0 Å². The van der Waals surface area contributed by atoms with Gasteiger partial charge >= 0.3 is 12.3 Å². The summed E-state index contributed by atoms with van der Waals surface area (Å²) in [5.74, 6) is -0.591. The number of ether oxygens (including phenoxy) is 5. The molecule has 0 aromatic heterocycles. The molecule has 0 bridgehead atoms.